The molecule has 2 N–H and O–H groups in total. The summed E-state index contributed by atoms with van der Waals surface area (Å²) in [5.74, 6) is -3.04. The predicted octanol–water partition coefficient (Wildman–Crippen LogP) is 2.76. The van der Waals surface area contributed by atoms with Crippen LogP contribution in [0.1, 0.15) is 12.5 Å². The van der Waals surface area contributed by atoms with Crippen LogP contribution in [-0.2, 0) is 6.42 Å². The van der Waals surface area contributed by atoms with Gasteiger partial charge in [-0.2, -0.15) is 0 Å². The van der Waals surface area contributed by atoms with Gasteiger partial charge < -0.3 is 5.73 Å². The van der Waals surface area contributed by atoms with Crippen molar-refractivity contribution in [2.45, 2.75) is 19.4 Å². The van der Waals surface area contributed by atoms with Crippen LogP contribution in [0.3, 0.4) is 0 Å². The molecule has 0 aliphatic carbocycles. The predicted molar refractivity (Wildman–Crippen MR) is 51.4 cm³/mol. The van der Waals surface area contributed by atoms with Crippen molar-refractivity contribution in [3.05, 3.63) is 33.6 Å². The van der Waals surface area contributed by atoms with Crippen molar-refractivity contribution in [2.75, 3.05) is 0 Å². The average molecular weight is 268 g/mol. The van der Waals surface area contributed by atoms with E-state index >= 15 is 0 Å². The molecular weight excluding hydrogens is 259 g/mol. The second kappa shape index (κ2) is 4.31. The molecule has 14 heavy (non-hydrogen) atoms. The number of nitrogens with two attached hydrogens (primary N) is 1. The molecule has 1 aromatic rings. The topological polar surface area (TPSA) is 26.0 Å². The van der Waals surface area contributed by atoms with Gasteiger partial charge in [0.15, 0.2) is 11.6 Å². The molecule has 1 rings (SSSR count). The Labute approximate surface area is 88.2 Å². The van der Waals surface area contributed by atoms with Crippen molar-refractivity contribution in [3.8, 4) is 0 Å². The third-order valence-corrected chi connectivity index (χ3v) is 2.31. The zero-order valence-electron chi connectivity index (χ0n) is 7.45. The maximum absolute atomic E-state index is 13.2. The van der Waals surface area contributed by atoms with Crippen LogP contribution in [-0.4, -0.2) is 6.04 Å². The average Bonchev–Trinajstić information content (AvgIpc) is 2.09. The minimum atomic E-state index is -1.17. The van der Waals surface area contributed by atoms with E-state index < -0.39 is 23.5 Å². The second-order valence-corrected chi connectivity index (χ2v) is 3.98. The molecular formula is C9H9BrF3N. The zero-order valence-corrected chi connectivity index (χ0v) is 9.04. The van der Waals surface area contributed by atoms with Gasteiger partial charge in [-0.25, -0.2) is 13.2 Å². The molecule has 0 aromatic heterocycles. The zero-order chi connectivity index (χ0) is 10.9. The Balaban J connectivity index is 3.22. The first-order chi connectivity index (χ1) is 6.43. The Morgan fingerprint density at radius 1 is 1.36 bits per heavy atom. The number of benzene rings is 1. The molecule has 1 atom stereocenters. The number of rotatable bonds is 2. The molecule has 0 aliphatic heterocycles. The van der Waals surface area contributed by atoms with E-state index in [1.165, 1.54) is 0 Å². The van der Waals surface area contributed by atoms with Gasteiger partial charge in [-0.3, -0.25) is 0 Å². The minimum Gasteiger partial charge on any atom is -0.328 e. The van der Waals surface area contributed by atoms with Crippen LogP contribution in [0, 0.1) is 17.5 Å². The van der Waals surface area contributed by atoms with E-state index in [2.05, 4.69) is 15.9 Å². The smallest absolute Gasteiger partial charge is 0.173 e. The van der Waals surface area contributed by atoms with E-state index in [1.807, 2.05) is 0 Å². The summed E-state index contributed by atoms with van der Waals surface area (Å²) < 4.78 is 39.1. The number of hydrogen-bond acceptors (Lipinski definition) is 1. The van der Waals surface area contributed by atoms with Crippen LogP contribution in [0.15, 0.2) is 10.5 Å². The third kappa shape index (κ3) is 2.27. The van der Waals surface area contributed by atoms with E-state index in [0.29, 0.717) is 0 Å². The third-order valence-electron chi connectivity index (χ3n) is 1.74. The molecule has 0 heterocycles. The normalized spacial score (nSPS) is 13.0. The molecule has 1 nitrogen and oxygen atoms in total. The molecule has 0 amide bonds. The number of halogens is 4. The minimum absolute atomic E-state index is 0.0259. The molecule has 5 heteroatoms. The van der Waals surface area contributed by atoms with Crippen LogP contribution in [0.2, 0.25) is 0 Å². The highest BCUT2D eigenvalue weighted by atomic mass is 79.9. The maximum Gasteiger partial charge on any atom is 0.173 e. The van der Waals surface area contributed by atoms with E-state index in [4.69, 9.17) is 5.73 Å². The van der Waals surface area contributed by atoms with Crippen LogP contribution in [0.4, 0.5) is 13.2 Å². The lowest BCUT2D eigenvalue weighted by Gasteiger charge is -2.09. The largest absolute Gasteiger partial charge is 0.328 e. The van der Waals surface area contributed by atoms with Gasteiger partial charge in [-0.05, 0) is 35.3 Å². The molecule has 78 valence electrons. The highest BCUT2D eigenvalue weighted by Gasteiger charge is 2.18. The molecule has 0 saturated heterocycles. The summed E-state index contributed by atoms with van der Waals surface area (Å²) in [5, 5.41) is 0. The maximum atomic E-state index is 13.2. The van der Waals surface area contributed by atoms with Crippen LogP contribution in [0.25, 0.3) is 0 Å². The van der Waals surface area contributed by atoms with E-state index in [1.54, 1.807) is 6.92 Å². The van der Waals surface area contributed by atoms with Crippen molar-refractivity contribution >= 4 is 15.9 Å². The summed E-state index contributed by atoms with van der Waals surface area (Å²) in [6, 6.07) is 0.482. The van der Waals surface area contributed by atoms with Gasteiger partial charge in [0, 0.05) is 11.6 Å². The lowest BCUT2D eigenvalue weighted by atomic mass is 10.1. The van der Waals surface area contributed by atoms with Gasteiger partial charge in [0.2, 0.25) is 0 Å². The summed E-state index contributed by atoms with van der Waals surface area (Å²) in [5.41, 5.74) is 5.08. The fourth-order valence-electron chi connectivity index (χ4n) is 1.11. The SMILES string of the molecule is CC(N)Cc1c(F)cc(Br)c(F)c1F. The van der Waals surface area contributed by atoms with Crippen LogP contribution < -0.4 is 5.73 Å². The van der Waals surface area contributed by atoms with Crippen molar-refractivity contribution < 1.29 is 13.2 Å². The van der Waals surface area contributed by atoms with Gasteiger partial charge in [-0.1, -0.05) is 0 Å². The van der Waals surface area contributed by atoms with E-state index in [-0.39, 0.29) is 16.5 Å². The van der Waals surface area contributed by atoms with Gasteiger partial charge >= 0.3 is 0 Å². The first-order valence-corrected chi connectivity index (χ1v) is 4.80. The Morgan fingerprint density at radius 3 is 2.43 bits per heavy atom. The quantitative estimate of drug-likeness (QED) is 0.647. The van der Waals surface area contributed by atoms with Gasteiger partial charge in [0.1, 0.15) is 5.82 Å². The molecule has 0 bridgehead atoms. The molecule has 0 saturated carbocycles. The summed E-state index contributed by atoms with van der Waals surface area (Å²) in [6.45, 7) is 1.60. The van der Waals surface area contributed by atoms with E-state index in [0.717, 1.165) is 6.07 Å². The van der Waals surface area contributed by atoms with Crippen molar-refractivity contribution in [3.63, 3.8) is 0 Å². The fourth-order valence-corrected chi connectivity index (χ4v) is 1.49. The summed E-state index contributed by atoms with van der Waals surface area (Å²) >= 11 is 2.71. The Hall–Kier alpha value is -0.550. The first-order valence-electron chi connectivity index (χ1n) is 4.01. The first kappa shape index (κ1) is 11.5. The molecule has 0 radical (unpaired) electrons. The van der Waals surface area contributed by atoms with Gasteiger partial charge in [0.05, 0.1) is 4.47 Å². The highest BCUT2D eigenvalue weighted by Crippen LogP contribution is 2.24. The lowest BCUT2D eigenvalue weighted by molar-refractivity contribution is 0.470. The van der Waals surface area contributed by atoms with Gasteiger partial charge in [-0.15, -0.1) is 0 Å². The Morgan fingerprint density at radius 2 is 1.93 bits per heavy atom. The fraction of sp³-hybridized carbons (Fsp3) is 0.333. The molecule has 0 fully saturated rings. The van der Waals surface area contributed by atoms with Crippen molar-refractivity contribution in [1.82, 2.24) is 0 Å². The summed E-state index contributed by atoms with van der Waals surface area (Å²) in [4.78, 5) is 0. The second-order valence-electron chi connectivity index (χ2n) is 3.13. The van der Waals surface area contributed by atoms with Crippen molar-refractivity contribution in [1.29, 1.82) is 0 Å². The van der Waals surface area contributed by atoms with Crippen LogP contribution >= 0.6 is 15.9 Å². The lowest BCUT2D eigenvalue weighted by Crippen LogP contribution is -2.20. The monoisotopic (exact) mass is 267 g/mol. The Bertz CT molecular complexity index is 352. The summed E-state index contributed by atoms with van der Waals surface area (Å²) in [6.07, 6.45) is -0.0259. The molecule has 1 unspecified atom stereocenters. The summed E-state index contributed by atoms with van der Waals surface area (Å²) in [7, 11) is 0. The Kier molecular flexibility index (Phi) is 3.55. The number of hydrogen-bond donors (Lipinski definition) is 1. The van der Waals surface area contributed by atoms with E-state index in [9.17, 15) is 13.2 Å². The van der Waals surface area contributed by atoms with Crippen molar-refractivity contribution in [2.24, 2.45) is 5.73 Å². The van der Waals surface area contributed by atoms with Crippen LogP contribution in [0.5, 0.6) is 0 Å². The molecule has 0 aliphatic rings. The molecule has 0 spiro atoms. The van der Waals surface area contributed by atoms with Gasteiger partial charge in [0.25, 0.3) is 0 Å². The molecule has 1 aromatic carbocycles. The standard InChI is InChI=1S/C9H9BrF3N/c1-4(14)2-5-7(11)3-6(10)9(13)8(5)12/h3-4H,2,14H2,1H3. The highest BCUT2D eigenvalue weighted by molar-refractivity contribution is 9.10.